The molecule has 0 spiro atoms. The Morgan fingerprint density at radius 3 is 3.00 bits per heavy atom. The van der Waals surface area contributed by atoms with Crippen molar-refractivity contribution in [1.29, 1.82) is 0 Å². The van der Waals surface area contributed by atoms with Crippen LogP contribution in [-0.4, -0.2) is 20.8 Å². The van der Waals surface area contributed by atoms with Crippen LogP contribution >= 0.6 is 15.9 Å². The molecule has 6 heteroatoms. The molecule has 74 valence electrons. The van der Waals surface area contributed by atoms with Crippen LogP contribution in [-0.2, 0) is 6.54 Å². The Bertz CT molecular complexity index is 517. The van der Waals surface area contributed by atoms with Crippen LogP contribution in [0.1, 0.15) is 0 Å². The van der Waals surface area contributed by atoms with Gasteiger partial charge in [0, 0.05) is 6.07 Å². The summed E-state index contributed by atoms with van der Waals surface area (Å²) in [5, 5.41) is 11.6. The van der Waals surface area contributed by atoms with Gasteiger partial charge in [0.2, 0.25) is 0 Å². The van der Waals surface area contributed by atoms with Crippen LogP contribution < -0.4 is 10.8 Å². The molecule has 0 amide bonds. The van der Waals surface area contributed by atoms with E-state index in [2.05, 4.69) is 21.0 Å². The van der Waals surface area contributed by atoms with Gasteiger partial charge >= 0.3 is 11.3 Å². The van der Waals surface area contributed by atoms with Crippen LogP contribution in [0, 0.1) is 0 Å². The number of hydrogen-bond acceptors (Lipinski definition) is 2. The third-order valence-electron chi connectivity index (χ3n) is 1.92. The van der Waals surface area contributed by atoms with E-state index < -0.39 is 0 Å². The Morgan fingerprint density at radius 1 is 1.50 bits per heavy atom. The Morgan fingerprint density at radius 2 is 2.29 bits per heavy atom. The van der Waals surface area contributed by atoms with Crippen molar-refractivity contribution in [1.82, 2.24) is 9.08 Å². The summed E-state index contributed by atoms with van der Waals surface area (Å²) in [6.45, 7) is 0.215. The Kier molecular flexibility index (Phi) is 2.39. The maximum Gasteiger partial charge on any atom is 0.451 e. The van der Waals surface area contributed by atoms with E-state index in [1.807, 2.05) is 6.07 Å². The number of aliphatic hydroxyl groups excluding tert-OH is 1. The number of pyridine rings is 1. The topological polar surface area (TPSA) is 60.8 Å². The van der Waals surface area contributed by atoms with E-state index in [9.17, 15) is 4.79 Å². The van der Waals surface area contributed by atoms with Crippen LogP contribution in [0.15, 0.2) is 27.6 Å². The van der Waals surface area contributed by atoms with E-state index in [1.54, 1.807) is 12.3 Å². The maximum atomic E-state index is 11.6. The minimum absolute atomic E-state index is 0.0611. The third-order valence-corrected chi connectivity index (χ3v) is 2.39. The predicted octanol–water partition coefficient (Wildman–Crippen LogP) is -0.330. The fraction of sp³-hybridized carbons (Fsp3) is 0.250. The number of aromatic nitrogens is 3. The van der Waals surface area contributed by atoms with Gasteiger partial charge in [0.05, 0.1) is 17.6 Å². The van der Waals surface area contributed by atoms with Gasteiger partial charge in [-0.1, -0.05) is 0 Å². The molecular formula is C8H9BrN3O2+. The fourth-order valence-corrected chi connectivity index (χ4v) is 1.63. The van der Waals surface area contributed by atoms with E-state index in [0.717, 1.165) is 4.47 Å². The summed E-state index contributed by atoms with van der Waals surface area (Å²) in [7, 11) is 0. The zero-order valence-corrected chi connectivity index (χ0v) is 8.86. The van der Waals surface area contributed by atoms with E-state index in [1.165, 1.54) is 9.08 Å². The first-order chi connectivity index (χ1) is 6.72. The van der Waals surface area contributed by atoms with Crippen molar-refractivity contribution >= 4 is 21.6 Å². The lowest BCUT2D eigenvalue weighted by atomic mass is 10.5. The SMILES string of the molecule is O=c1n(CCO)[nH+]c2ccc(Br)cn12. The van der Waals surface area contributed by atoms with Gasteiger partial charge in [0.25, 0.3) is 0 Å². The Balaban J connectivity index is 2.68. The second-order valence-corrected chi connectivity index (χ2v) is 3.79. The molecule has 0 aliphatic carbocycles. The largest absolute Gasteiger partial charge is 0.451 e. The average molecular weight is 259 g/mol. The number of fused-ring (bicyclic) bond motifs is 1. The van der Waals surface area contributed by atoms with Crippen LogP contribution in [0.4, 0.5) is 0 Å². The standard InChI is InChI=1S/C8H8BrN3O2/c9-6-1-2-7-10-12(3-4-13)8(14)11(7)5-6/h1-2,5,13H,3-4H2/p+1. The second-order valence-electron chi connectivity index (χ2n) is 2.87. The van der Waals surface area contributed by atoms with Gasteiger partial charge in [0.15, 0.2) is 0 Å². The number of hydrogen-bond donors (Lipinski definition) is 1. The zero-order valence-electron chi connectivity index (χ0n) is 7.27. The van der Waals surface area contributed by atoms with Gasteiger partial charge in [-0.25, -0.2) is 4.79 Å². The Labute approximate surface area is 87.7 Å². The second kappa shape index (κ2) is 3.55. The minimum Gasteiger partial charge on any atom is -0.394 e. The lowest BCUT2D eigenvalue weighted by Gasteiger charge is -1.86. The summed E-state index contributed by atoms with van der Waals surface area (Å²) in [5.74, 6) is 0. The van der Waals surface area contributed by atoms with E-state index in [4.69, 9.17) is 5.11 Å². The first-order valence-corrected chi connectivity index (χ1v) is 4.92. The molecule has 0 saturated heterocycles. The van der Waals surface area contributed by atoms with Crippen molar-refractivity contribution in [2.75, 3.05) is 6.61 Å². The molecule has 0 saturated carbocycles. The van der Waals surface area contributed by atoms with Gasteiger partial charge in [-0.05, 0) is 22.0 Å². The highest BCUT2D eigenvalue weighted by molar-refractivity contribution is 9.10. The molecular weight excluding hydrogens is 250 g/mol. The molecule has 0 radical (unpaired) electrons. The summed E-state index contributed by atoms with van der Waals surface area (Å²) in [6, 6.07) is 3.63. The van der Waals surface area contributed by atoms with Crippen molar-refractivity contribution < 1.29 is 10.2 Å². The highest BCUT2D eigenvalue weighted by Crippen LogP contribution is 2.07. The zero-order chi connectivity index (χ0) is 10.1. The third kappa shape index (κ3) is 1.46. The van der Waals surface area contributed by atoms with Crippen molar-refractivity contribution in [3.8, 4) is 0 Å². The van der Waals surface area contributed by atoms with E-state index >= 15 is 0 Å². The smallest absolute Gasteiger partial charge is 0.394 e. The molecule has 2 aromatic rings. The molecule has 0 aliphatic heterocycles. The number of rotatable bonds is 2. The molecule has 0 aromatic carbocycles. The van der Waals surface area contributed by atoms with Crippen molar-refractivity contribution in [2.45, 2.75) is 6.54 Å². The molecule has 0 fully saturated rings. The normalized spacial score (nSPS) is 11.0. The molecule has 2 heterocycles. The molecule has 0 bridgehead atoms. The lowest BCUT2D eigenvalue weighted by molar-refractivity contribution is -0.466. The van der Waals surface area contributed by atoms with Crippen LogP contribution in [0.3, 0.4) is 0 Å². The summed E-state index contributed by atoms with van der Waals surface area (Å²) < 4.78 is 3.68. The van der Waals surface area contributed by atoms with Crippen molar-refractivity contribution in [3.63, 3.8) is 0 Å². The van der Waals surface area contributed by atoms with Crippen LogP contribution in [0.25, 0.3) is 5.65 Å². The highest BCUT2D eigenvalue weighted by atomic mass is 79.9. The molecule has 5 nitrogen and oxygen atoms in total. The van der Waals surface area contributed by atoms with E-state index in [0.29, 0.717) is 5.65 Å². The highest BCUT2D eigenvalue weighted by Gasteiger charge is 2.12. The number of nitrogens with one attached hydrogen (secondary N) is 1. The lowest BCUT2D eigenvalue weighted by Crippen LogP contribution is -2.30. The monoisotopic (exact) mass is 258 g/mol. The van der Waals surface area contributed by atoms with Gasteiger partial charge in [-0.15, -0.1) is 9.08 Å². The fourth-order valence-electron chi connectivity index (χ4n) is 1.29. The van der Waals surface area contributed by atoms with E-state index in [-0.39, 0.29) is 18.8 Å². The minimum atomic E-state index is -0.185. The number of aromatic amines is 1. The molecule has 2 N–H and O–H groups in total. The molecule has 14 heavy (non-hydrogen) atoms. The number of H-pyrrole nitrogens is 1. The van der Waals surface area contributed by atoms with Crippen LogP contribution in [0.5, 0.6) is 0 Å². The summed E-state index contributed by atoms with van der Waals surface area (Å²) in [6.07, 6.45) is 1.68. The molecule has 2 aromatic heterocycles. The number of halogens is 1. The Hall–Kier alpha value is -1.14. The maximum absolute atomic E-state index is 11.6. The van der Waals surface area contributed by atoms with Crippen molar-refractivity contribution in [3.05, 3.63) is 33.3 Å². The van der Waals surface area contributed by atoms with Crippen molar-refractivity contribution in [2.24, 2.45) is 0 Å². The van der Waals surface area contributed by atoms with Gasteiger partial charge in [-0.3, -0.25) is 0 Å². The summed E-state index contributed by atoms with van der Waals surface area (Å²) in [5.41, 5.74) is 0.516. The first-order valence-electron chi connectivity index (χ1n) is 4.13. The van der Waals surface area contributed by atoms with Gasteiger partial charge in [0.1, 0.15) is 6.20 Å². The summed E-state index contributed by atoms with van der Waals surface area (Å²) >= 11 is 3.28. The van der Waals surface area contributed by atoms with Crippen LogP contribution in [0.2, 0.25) is 0 Å². The summed E-state index contributed by atoms with van der Waals surface area (Å²) in [4.78, 5) is 11.6. The molecule has 0 unspecified atom stereocenters. The quantitative estimate of drug-likeness (QED) is 0.802. The number of aliphatic hydroxyl groups is 1. The molecule has 0 aliphatic rings. The average Bonchev–Trinajstić information content (AvgIpc) is 2.46. The van der Waals surface area contributed by atoms with Gasteiger partial charge < -0.3 is 5.11 Å². The first kappa shape index (κ1) is 9.42. The molecule has 2 rings (SSSR count). The molecule has 0 atom stereocenters. The predicted molar refractivity (Wildman–Crippen MR) is 53.0 cm³/mol. The number of nitrogens with zero attached hydrogens (tertiary/aromatic N) is 2. The van der Waals surface area contributed by atoms with Gasteiger partial charge in [-0.2, -0.15) is 5.10 Å².